The maximum atomic E-state index is 13.2. The lowest BCUT2D eigenvalue weighted by molar-refractivity contribution is -0.144. The summed E-state index contributed by atoms with van der Waals surface area (Å²) in [5, 5.41) is 67.8. The van der Waals surface area contributed by atoms with Crippen LogP contribution in [0.3, 0.4) is 0 Å². The van der Waals surface area contributed by atoms with E-state index in [1.807, 2.05) is 67.6 Å². The summed E-state index contributed by atoms with van der Waals surface area (Å²) >= 11 is 0. The smallest absolute Gasteiger partial charge is 0.307 e. The SMILES string of the molecule is C[C@@H](N)C(=O)CC(Cc1cccc(F)c1)C(=O)O.C[C@H](O)[C@@H](N)C(=O)CC(Cc1ccc(F)cc1)C(=O)O.Cc1ccc(CC(CC(=O)C(N)Cc2ccc(F)cc2)C(=O)O)cc1.N[C@@H](Cc1ccccc1)C(=O)CC(Cc1ccc(F)cc1)C(=O)O.N[C@H](C(=O)CC(Cc1cccc(F)c1)C(=O)O)c1ccccc1.O=C(O)C(CC(=O)[C@@H]1CCCN1)Cc1ccc(F)cc1. The van der Waals surface area contributed by atoms with Crippen LogP contribution in [0.15, 0.2) is 231 Å². The molecule has 0 aromatic heterocycles. The maximum absolute atomic E-state index is 13.2. The number of carbonyl (C=O) groups excluding carboxylic acids is 6. The molecule has 7 unspecified atom stereocenters. The van der Waals surface area contributed by atoms with Crippen LogP contribution in [0.1, 0.15) is 127 Å². The molecule has 25 nitrogen and oxygen atoms in total. The lowest BCUT2D eigenvalue weighted by atomic mass is 9.90. The molecule has 13 atom stereocenters. The Bertz CT molecular complexity index is 5050. The fraction of sp³-hybridized carbons (Fsp3) is 0.333. The van der Waals surface area contributed by atoms with E-state index in [1.54, 1.807) is 60.7 Å². The second-order valence-corrected chi connectivity index (χ2v) is 31.9. The van der Waals surface area contributed by atoms with E-state index in [0.717, 1.165) is 47.2 Å². The zero-order valence-electron chi connectivity index (χ0n) is 72.1. The van der Waals surface area contributed by atoms with Gasteiger partial charge in [0.2, 0.25) is 0 Å². The molecule has 0 spiro atoms. The third-order valence-corrected chi connectivity index (χ3v) is 21.2. The number of halogens is 6. The van der Waals surface area contributed by atoms with Crippen LogP contribution >= 0.6 is 0 Å². The third kappa shape index (κ3) is 40.6. The van der Waals surface area contributed by atoms with Crippen molar-refractivity contribution in [1.82, 2.24) is 5.32 Å². The van der Waals surface area contributed by atoms with Gasteiger partial charge >= 0.3 is 35.8 Å². The third-order valence-electron chi connectivity index (χ3n) is 21.2. The van der Waals surface area contributed by atoms with E-state index < -0.39 is 131 Å². The molecule has 0 aliphatic carbocycles. The van der Waals surface area contributed by atoms with E-state index in [9.17, 15) is 109 Å². The Morgan fingerprint density at radius 1 is 0.331 bits per heavy atom. The van der Waals surface area contributed by atoms with Gasteiger partial charge < -0.3 is 69.7 Å². The molecule has 9 aromatic rings. The first-order valence-corrected chi connectivity index (χ1v) is 41.9. The maximum Gasteiger partial charge on any atom is 0.307 e. The molecule has 10 rings (SSSR count). The predicted molar refractivity (Wildman–Crippen MR) is 474 cm³/mol. The highest BCUT2D eigenvalue weighted by molar-refractivity contribution is 5.92. The highest BCUT2D eigenvalue weighted by Gasteiger charge is 2.33. The van der Waals surface area contributed by atoms with Gasteiger partial charge in [0.05, 0.1) is 77.9 Å². The van der Waals surface area contributed by atoms with Crippen molar-refractivity contribution >= 4 is 70.5 Å². The van der Waals surface area contributed by atoms with Gasteiger partial charge in [0, 0.05) is 38.5 Å². The first-order valence-electron chi connectivity index (χ1n) is 41.9. The minimum absolute atomic E-state index is 0.0182. The number of carboxylic acids is 6. The van der Waals surface area contributed by atoms with Crippen molar-refractivity contribution in [3.05, 3.63) is 321 Å². The van der Waals surface area contributed by atoms with Crippen molar-refractivity contribution in [2.75, 3.05) is 6.54 Å². The summed E-state index contributed by atoms with van der Waals surface area (Å²) in [5.74, 6) is -15.7. The fourth-order valence-electron chi connectivity index (χ4n) is 13.5. The number of nitrogens with two attached hydrogens (primary N) is 5. The Kier molecular flexibility index (Phi) is 46.2. The van der Waals surface area contributed by atoms with Gasteiger partial charge in [-0.15, -0.1) is 0 Å². The van der Waals surface area contributed by atoms with Crippen molar-refractivity contribution in [2.24, 2.45) is 64.2 Å². The van der Waals surface area contributed by atoms with Crippen LogP contribution in [0.2, 0.25) is 0 Å². The zero-order chi connectivity index (χ0) is 96.3. The predicted octanol–water partition coefficient (Wildman–Crippen LogP) is 12.1. The van der Waals surface area contributed by atoms with Gasteiger partial charge in [-0.1, -0.05) is 163 Å². The summed E-state index contributed by atoms with van der Waals surface area (Å²) in [7, 11) is 0. The first-order chi connectivity index (χ1) is 61.5. The lowest BCUT2D eigenvalue weighted by Crippen LogP contribution is -2.41. The van der Waals surface area contributed by atoms with Crippen LogP contribution in [0.5, 0.6) is 0 Å². The Labute approximate surface area is 749 Å². The number of nitrogens with one attached hydrogen (secondary N) is 1. The van der Waals surface area contributed by atoms with Gasteiger partial charge in [-0.3, -0.25) is 57.5 Å². The topological polar surface area (TPSA) is 489 Å². The number of carbonyl (C=O) groups is 12. The Balaban J connectivity index is 0.000000277. The second-order valence-electron chi connectivity index (χ2n) is 31.9. The molecule has 1 heterocycles. The number of carboxylic acid groups (broad SMARTS) is 6. The number of aliphatic hydroxyl groups excluding tert-OH is 1. The molecule has 1 saturated heterocycles. The molecule has 130 heavy (non-hydrogen) atoms. The average Bonchev–Trinajstić information content (AvgIpc) is 1.46. The van der Waals surface area contributed by atoms with Gasteiger partial charge in [0.15, 0.2) is 28.9 Å². The minimum Gasteiger partial charge on any atom is -0.481 e. The largest absolute Gasteiger partial charge is 0.481 e. The molecule has 31 heteroatoms. The number of rotatable bonds is 42. The molecule has 1 aliphatic rings. The lowest BCUT2D eigenvalue weighted by Gasteiger charge is -2.17. The molecular formula is C99H112F6N6O19. The summed E-state index contributed by atoms with van der Waals surface area (Å²) in [6, 6.07) is 55.3. The quantitative estimate of drug-likeness (QED) is 0.0158. The van der Waals surface area contributed by atoms with Crippen LogP contribution < -0.4 is 34.0 Å². The Morgan fingerprint density at radius 2 is 0.615 bits per heavy atom. The van der Waals surface area contributed by atoms with Gasteiger partial charge in [0.25, 0.3) is 0 Å². The van der Waals surface area contributed by atoms with Crippen molar-refractivity contribution in [2.45, 2.75) is 166 Å². The summed E-state index contributed by atoms with van der Waals surface area (Å²) in [6.45, 7) is 5.66. The zero-order valence-corrected chi connectivity index (χ0v) is 72.1. The van der Waals surface area contributed by atoms with E-state index in [-0.39, 0.29) is 136 Å². The second kappa shape index (κ2) is 55.8. The fourth-order valence-corrected chi connectivity index (χ4v) is 13.5. The molecule has 18 N–H and O–H groups in total. The normalized spacial score (nSPS) is 14.7. The Morgan fingerprint density at radius 3 is 0.931 bits per heavy atom. The average molecular weight is 1800 g/mol. The molecule has 0 bridgehead atoms. The van der Waals surface area contributed by atoms with E-state index >= 15 is 0 Å². The van der Waals surface area contributed by atoms with Crippen LogP contribution in [0, 0.1) is 77.3 Å². The number of Topliss-reactive ketones (excluding diaryl/α,β-unsaturated/α-hetero) is 6. The van der Waals surface area contributed by atoms with Gasteiger partial charge in [-0.25, -0.2) is 26.3 Å². The standard InChI is InChI=1S/C20H22FNO3.C19H20FNO3.C18H18FNO3.C15H18FNO3.C14H18FNO4.C13H16FNO3/c1-13-2-4-14(5-3-13)10-16(20(24)25)12-19(23)18(22)11-15-6-8-17(21)9-7-15;20-16-8-6-14(7-9-16)10-15(19(23)24)12-18(22)17(21)11-13-4-2-1-3-5-13;19-15-8-4-5-12(10-15)9-14(18(22)23)11-16(21)17(20)13-6-2-1-3-7-13;16-12-5-3-10(4-6-12)8-11(15(19)20)9-14(18)13-2-1-7-17-13;1-8(17)13(16)12(18)7-10(14(19)20)6-9-2-4-11(15)5-3-9;1-8(15)12(16)7-10(13(17)18)5-9-3-2-4-11(14)6-9/h2-9,16,18H,10-12,22H2,1H3,(H,24,25);1-9,15,17H,10-12,21H2,(H,23,24);1-8,10,14,17H,9,11,20H2,(H,22,23);3-6,11,13,17H,1-2,7-9H2,(H,19,20);2-5,8,10,13,17H,6-7,16H2,1H3,(H,19,20);2-4,6,8,10H,5,7,15H2,1H3,(H,17,18)/t;15?,17-;14?,17-;11?,13-;8-,10?,13+;8-,10?/m.00001/s1. The number of hydrogen-bond acceptors (Lipinski definition) is 19. The van der Waals surface area contributed by atoms with Crippen LogP contribution in [-0.4, -0.2) is 149 Å². The molecule has 1 aliphatic heterocycles. The minimum atomic E-state index is -1.12. The molecule has 0 radical (unpaired) electrons. The number of aliphatic carboxylic acids is 6. The highest BCUT2D eigenvalue weighted by atomic mass is 19.1. The summed E-state index contributed by atoms with van der Waals surface area (Å²) in [5.41, 5.74) is 36.0. The van der Waals surface area contributed by atoms with Crippen LogP contribution in [0.25, 0.3) is 0 Å². The summed E-state index contributed by atoms with van der Waals surface area (Å²) in [6.07, 6.45) is 1.51. The molecule has 9 aromatic carbocycles. The van der Waals surface area contributed by atoms with Crippen LogP contribution in [-0.2, 0) is 109 Å². The van der Waals surface area contributed by atoms with Gasteiger partial charge in [-0.2, -0.15) is 0 Å². The molecule has 0 amide bonds. The van der Waals surface area contributed by atoms with E-state index in [0.29, 0.717) is 34.2 Å². The van der Waals surface area contributed by atoms with Gasteiger partial charge in [-0.05, 0) is 214 Å². The monoisotopic (exact) mass is 1800 g/mol. The Hall–Kier alpha value is -12.9. The highest BCUT2D eigenvalue weighted by Crippen LogP contribution is 2.25. The number of benzene rings is 9. The molecule has 1 fully saturated rings. The van der Waals surface area contributed by atoms with Crippen molar-refractivity contribution in [3.63, 3.8) is 0 Å². The molecular weight excluding hydrogens is 1690 g/mol. The van der Waals surface area contributed by atoms with E-state index in [1.165, 1.54) is 123 Å². The first kappa shape index (κ1) is 108. The van der Waals surface area contributed by atoms with E-state index in [4.69, 9.17) is 38.9 Å². The van der Waals surface area contributed by atoms with Gasteiger partial charge in [0.1, 0.15) is 40.7 Å². The van der Waals surface area contributed by atoms with Crippen molar-refractivity contribution in [1.29, 1.82) is 0 Å². The molecule has 0 saturated carbocycles. The number of hydrogen-bond donors (Lipinski definition) is 13. The number of ketones is 6. The number of aliphatic hydroxyl groups is 1. The van der Waals surface area contributed by atoms with Crippen molar-refractivity contribution < 1.29 is 120 Å². The van der Waals surface area contributed by atoms with Crippen LogP contribution in [0.4, 0.5) is 26.3 Å². The summed E-state index contributed by atoms with van der Waals surface area (Å²) in [4.78, 5) is 140. The van der Waals surface area contributed by atoms with E-state index in [2.05, 4.69) is 5.32 Å². The number of aryl methyl sites for hydroxylation is 1. The van der Waals surface area contributed by atoms with Crippen molar-refractivity contribution in [3.8, 4) is 0 Å². The molecule has 694 valence electrons. The summed E-state index contributed by atoms with van der Waals surface area (Å²) < 4.78 is 77.6.